The number of halogens is 1. The molecular formula is C23H28FNO3. The van der Waals surface area contributed by atoms with Gasteiger partial charge in [0, 0.05) is 11.6 Å². The molecule has 0 bridgehead atoms. The van der Waals surface area contributed by atoms with Gasteiger partial charge in [0.15, 0.2) is 0 Å². The molecule has 0 aliphatic heterocycles. The highest BCUT2D eigenvalue weighted by atomic mass is 19.1. The average molecular weight is 385 g/mol. The molecule has 2 aromatic rings. The SMILES string of the molecule is CCOC(=O)c1ccc(-c2cc(F)cc(OCC(C)C)c2)nc1C(C)=C(C)C. The van der Waals surface area contributed by atoms with E-state index in [9.17, 15) is 9.18 Å². The third kappa shape index (κ3) is 5.41. The Bertz CT molecular complexity index is 883. The lowest BCUT2D eigenvalue weighted by molar-refractivity contribution is 0.0525. The molecule has 0 spiro atoms. The van der Waals surface area contributed by atoms with Crippen molar-refractivity contribution in [1.82, 2.24) is 4.98 Å². The largest absolute Gasteiger partial charge is 0.493 e. The van der Waals surface area contributed by atoms with Crippen LogP contribution in [0.2, 0.25) is 0 Å². The molecule has 0 unspecified atom stereocenters. The molecule has 0 N–H and O–H groups in total. The van der Waals surface area contributed by atoms with Crippen LogP contribution in [0.1, 0.15) is 57.6 Å². The van der Waals surface area contributed by atoms with Crippen molar-refractivity contribution in [3.05, 3.63) is 53.0 Å². The van der Waals surface area contributed by atoms with Crippen molar-refractivity contribution >= 4 is 11.5 Å². The van der Waals surface area contributed by atoms with Crippen molar-refractivity contribution in [3.63, 3.8) is 0 Å². The van der Waals surface area contributed by atoms with Crippen LogP contribution in [0.15, 0.2) is 35.9 Å². The predicted molar refractivity (Wildman–Crippen MR) is 110 cm³/mol. The lowest BCUT2D eigenvalue weighted by Crippen LogP contribution is -2.10. The summed E-state index contributed by atoms with van der Waals surface area (Å²) in [6.07, 6.45) is 0. The van der Waals surface area contributed by atoms with Gasteiger partial charge < -0.3 is 9.47 Å². The number of carbonyl (C=O) groups is 1. The molecule has 0 aliphatic carbocycles. The van der Waals surface area contributed by atoms with E-state index in [0.29, 0.717) is 40.8 Å². The second kappa shape index (κ2) is 9.49. The Hall–Kier alpha value is -2.69. The van der Waals surface area contributed by atoms with Crippen molar-refractivity contribution in [2.24, 2.45) is 5.92 Å². The van der Waals surface area contributed by atoms with Gasteiger partial charge in [-0.15, -0.1) is 0 Å². The van der Waals surface area contributed by atoms with Crippen molar-refractivity contribution in [1.29, 1.82) is 0 Å². The minimum absolute atomic E-state index is 0.286. The van der Waals surface area contributed by atoms with E-state index in [1.165, 1.54) is 12.1 Å². The van der Waals surface area contributed by atoms with Crippen LogP contribution >= 0.6 is 0 Å². The van der Waals surface area contributed by atoms with E-state index < -0.39 is 11.8 Å². The average Bonchev–Trinajstić information content (AvgIpc) is 2.65. The molecule has 0 aliphatic rings. The van der Waals surface area contributed by atoms with Crippen LogP contribution in [0.4, 0.5) is 4.39 Å². The van der Waals surface area contributed by atoms with E-state index in [2.05, 4.69) is 4.98 Å². The predicted octanol–water partition coefficient (Wildman–Crippen LogP) is 5.91. The van der Waals surface area contributed by atoms with Gasteiger partial charge in [-0.3, -0.25) is 0 Å². The Kier molecular flexibility index (Phi) is 7.32. The number of allylic oxidation sites excluding steroid dienone is 2. The molecule has 1 aromatic carbocycles. The zero-order chi connectivity index (χ0) is 20.8. The third-order valence-corrected chi connectivity index (χ3v) is 4.25. The summed E-state index contributed by atoms with van der Waals surface area (Å²) in [5.41, 5.74) is 4.03. The van der Waals surface area contributed by atoms with Gasteiger partial charge in [0.25, 0.3) is 0 Å². The van der Waals surface area contributed by atoms with Crippen LogP contribution in [-0.2, 0) is 4.74 Å². The maximum absolute atomic E-state index is 14.1. The number of nitrogens with zero attached hydrogens (tertiary/aromatic N) is 1. The van der Waals surface area contributed by atoms with Crippen molar-refractivity contribution in [2.45, 2.75) is 41.5 Å². The van der Waals surface area contributed by atoms with E-state index in [0.717, 1.165) is 11.1 Å². The van der Waals surface area contributed by atoms with E-state index >= 15 is 0 Å². The van der Waals surface area contributed by atoms with Gasteiger partial charge in [-0.05, 0) is 63.5 Å². The van der Waals surface area contributed by atoms with E-state index in [4.69, 9.17) is 9.47 Å². The Balaban J connectivity index is 2.53. The number of ether oxygens (including phenoxy) is 2. The first kappa shape index (κ1) is 21.6. The number of hydrogen-bond donors (Lipinski definition) is 0. The number of aromatic nitrogens is 1. The molecule has 4 nitrogen and oxygen atoms in total. The first-order chi connectivity index (χ1) is 13.2. The van der Waals surface area contributed by atoms with Crippen molar-refractivity contribution < 1.29 is 18.7 Å². The Morgan fingerprint density at radius 2 is 1.86 bits per heavy atom. The number of carbonyl (C=O) groups excluding carboxylic acids is 1. The number of benzene rings is 1. The molecular weight excluding hydrogens is 357 g/mol. The van der Waals surface area contributed by atoms with Crippen LogP contribution < -0.4 is 4.74 Å². The summed E-state index contributed by atoms with van der Waals surface area (Å²) >= 11 is 0. The maximum atomic E-state index is 14.1. The smallest absolute Gasteiger partial charge is 0.340 e. The second-order valence-corrected chi connectivity index (χ2v) is 7.32. The normalized spacial score (nSPS) is 10.7. The Morgan fingerprint density at radius 1 is 1.14 bits per heavy atom. The number of hydrogen-bond acceptors (Lipinski definition) is 4. The van der Waals surface area contributed by atoms with Gasteiger partial charge in [0.2, 0.25) is 0 Å². The molecule has 28 heavy (non-hydrogen) atoms. The fourth-order valence-electron chi connectivity index (χ4n) is 2.57. The molecule has 1 aromatic heterocycles. The van der Waals surface area contributed by atoms with Gasteiger partial charge in [0.1, 0.15) is 11.6 Å². The molecule has 0 radical (unpaired) electrons. The van der Waals surface area contributed by atoms with Crippen LogP contribution in [-0.4, -0.2) is 24.2 Å². The van der Waals surface area contributed by atoms with Crippen LogP contribution in [0.5, 0.6) is 5.75 Å². The molecule has 0 saturated carbocycles. The highest BCUT2D eigenvalue weighted by Gasteiger charge is 2.18. The standard InChI is InChI=1S/C23H28FNO3/c1-7-27-23(26)20-8-9-21(25-22(20)16(6)15(4)5)17-10-18(24)12-19(11-17)28-13-14(2)3/h8-12,14H,7,13H2,1-6H3. The lowest BCUT2D eigenvalue weighted by Gasteiger charge is -2.14. The molecule has 0 amide bonds. The van der Waals surface area contributed by atoms with Crippen molar-refractivity contribution in [3.8, 4) is 17.0 Å². The van der Waals surface area contributed by atoms with Crippen LogP contribution in [0.25, 0.3) is 16.8 Å². The highest BCUT2D eigenvalue weighted by molar-refractivity contribution is 5.95. The van der Waals surface area contributed by atoms with Crippen LogP contribution in [0.3, 0.4) is 0 Å². The Labute approximate surface area is 166 Å². The van der Waals surface area contributed by atoms with E-state index in [-0.39, 0.29) is 6.61 Å². The fraction of sp³-hybridized carbons (Fsp3) is 0.391. The molecule has 150 valence electrons. The molecule has 2 rings (SSSR count). The second-order valence-electron chi connectivity index (χ2n) is 7.32. The first-order valence-corrected chi connectivity index (χ1v) is 9.49. The third-order valence-electron chi connectivity index (χ3n) is 4.25. The number of rotatable bonds is 7. The van der Waals surface area contributed by atoms with Crippen LogP contribution in [0, 0.1) is 11.7 Å². The number of esters is 1. The van der Waals surface area contributed by atoms with Gasteiger partial charge in [0.05, 0.1) is 30.2 Å². The summed E-state index contributed by atoms with van der Waals surface area (Å²) in [7, 11) is 0. The van der Waals surface area contributed by atoms with Gasteiger partial charge >= 0.3 is 5.97 Å². The molecule has 1 heterocycles. The first-order valence-electron chi connectivity index (χ1n) is 9.49. The zero-order valence-corrected chi connectivity index (χ0v) is 17.4. The monoisotopic (exact) mass is 385 g/mol. The maximum Gasteiger partial charge on any atom is 0.340 e. The van der Waals surface area contributed by atoms with Crippen molar-refractivity contribution in [2.75, 3.05) is 13.2 Å². The minimum atomic E-state index is -0.419. The molecule has 0 saturated heterocycles. The summed E-state index contributed by atoms with van der Waals surface area (Å²) in [5.74, 6) is -0.0218. The summed E-state index contributed by atoms with van der Waals surface area (Å²) < 4.78 is 25.0. The highest BCUT2D eigenvalue weighted by Crippen LogP contribution is 2.28. The molecule has 5 heteroatoms. The quantitative estimate of drug-likeness (QED) is 0.556. The molecule has 0 fully saturated rings. The topological polar surface area (TPSA) is 48.4 Å². The lowest BCUT2D eigenvalue weighted by atomic mass is 10.0. The summed E-state index contributed by atoms with van der Waals surface area (Å²) in [6.45, 7) is 12.4. The number of pyridine rings is 1. The van der Waals surface area contributed by atoms with Gasteiger partial charge in [-0.1, -0.05) is 19.4 Å². The zero-order valence-electron chi connectivity index (χ0n) is 17.4. The minimum Gasteiger partial charge on any atom is -0.493 e. The van der Waals surface area contributed by atoms with Gasteiger partial charge in [-0.2, -0.15) is 0 Å². The van der Waals surface area contributed by atoms with Gasteiger partial charge in [-0.25, -0.2) is 14.2 Å². The fourth-order valence-corrected chi connectivity index (χ4v) is 2.57. The Morgan fingerprint density at radius 3 is 2.46 bits per heavy atom. The van der Waals surface area contributed by atoms with E-state index in [1.54, 1.807) is 25.1 Å². The van der Waals surface area contributed by atoms with E-state index in [1.807, 2.05) is 34.6 Å². The summed E-state index contributed by atoms with van der Waals surface area (Å²) in [4.78, 5) is 17.0. The summed E-state index contributed by atoms with van der Waals surface area (Å²) in [6, 6.07) is 7.92. The summed E-state index contributed by atoms with van der Waals surface area (Å²) in [5, 5.41) is 0. The molecule has 0 atom stereocenters.